The molecule has 2 nitrogen and oxygen atoms in total. The number of rotatable bonds is 5. The molecule has 30 heavy (non-hydrogen) atoms. The van der Waals surface area contributed by atoms with Gasteiger partial charge in [0.25, 0.3) is 0 Å². The standard InChI is InChI=1S/C24H23ClF3NO/c1-23(2,3)18-8-4-16(5-9-18)15-29-19-10-13-22(25)21(14-19)17-6-11-20(12-7-17)30-24(26,27)28/h4-14,29H,15H2,1-3H3. The maximum atomic E-state index is 12.3. The lowest BCUT2D eigenvalue weighted by atomic mass is 9.87. The van der Waals surface area contributed by atoms with Crippen molar-refractivity contribution >= 4 is 17.3 Å². The summed E-state index contributed by atoms with van der Waals surface area (Å²) in [5.41, 5.74) is 4.82. The van der Waals surface area contributed by atoms with Gasteiger partial charge in [0.15, 0.2) is 0 Å². The third-order valence-corrected chi connectivity index (χ3v) is 5.01. The molecule has 0 aliphatic rings. The number of nitrogens with one attached hydrogen (secondary N) is 1. The Balaban J connectivity index is 1.72. The highest BCUT2D eigenvalue weighted by molar-refractivity contribution is 6.33. The molecule has 0 saturated heterocycles. The third-order valence-electron chi connectivity index (χ3n) is 4.68. The van der Waals surface area contributed by atoms with Gasteiger partial charge in [0.1, 0.15) is 5.75 Å². The van der Waals surface area contributed by atoms with E-state index in [0.717, 1.165) is 16.8 Å². The van der Waals surface area contributed by atoms with Crippen molar-refractivity contribution in [2.45, 2.75) is 39.1 Å². The number of alkyl halides is 3. The molecule has 0 atom stereocenters. The molecule has 1 N–H and O–H groups in total. The van der Waals surface area contributed by atoms with E-state index in [9.17, 15) is 13.2 Å². The van der Waals surface area contributed by atoms with Crippen molar-refractivity contribution < 1.29 is 17.9 Å². The zero-order valence-electron chi connectivity index (χ0n) is 17.0. The Labute approximate surface area is 179 Å². The predicted octanol–water partition coefficient (Wildman–Crippen LogP) is 7.82. The van der Waals surface area contributed by atoms with Crippen LogP contribution in [-0.4, -0.2) is 6.36 Å². The van der Waals surface area contributed by atoms with Crippen LogP contribution in [0.4, 0.5) is 18.9 Å². The molecule has 0 heterocycles. The van der Waals surface area contributed by atoms with Crippen LogP contribution in [0.3, 0.4) is 0 Å². The van der Waals surface area contributed by atoms with Gasteiger partial charge in [-0.15, -0.1) is 13.2 Å². The largest absolute Gasteiger partial charge is 0.573 e. The Morgan fingerprint density at radius 1 is 0.867 bits per heavy atom. The van der Waals surface area contributed by atoms with Crippen LogP contribution >= 0.6 is 11.6 Å². The number of anilines is 1. The summed E-state index contributed by atoms with van der Waals surface area (Å²) in [5, 5.41) is 3.88. The topological polar surface area (TPSA) is 21.3 Å². The van der Waals surface area contributed by atoms with Gasteiger partial charge in [-0.05, 0) is 52.4 Å². The fourth-order valence-corrected chi connectivity index (χ4v) is 3.25. The van der Waals surface area contributed by atoms with Gasteiger partial charge in [0.05, 0.1) is 0 Å². The maximum Gasteiger partial charge on any atom is 0.573 e. The summed E-state index contributed by atoms with van der Waals surface area (Å²) in [5.74, 6) is -0.268. The van der Waals surface area contributed by atoms with Gasteiger partial charge in [-0.3, -0.25) is 0 Å². The van der Waals surface area contributed by atoms with Crippen LogP contribution in [0.15, 0.2) is 66.7 Å². The summed E-state index contributed by atoms with van der Waals surface area (Å²) in [6.45, 7) is 7.18. The van der Waals surface area contributed by atoms with Crippen molar-refractivity contribution in [3.63, 3.8) is 0 Å². The first kappa shape index (κ1) is 22.0. The van der Waals surface area contributed by atoms with E-state index >= 15 is 0 Å². The van der Waals surface area contributed by atoms with Crippen molar-refractivity contribution in [1.29, 1.82) is 0 Å². The summed E-state index contributed by atoms with van der Waals surface area (Å²) in [6.07, 6.45) is -4.71. The smallest absolute Gasteiger partial charge is 0.406 e. The van der Waals surface area contributed by atoms with Gasteiger partial charge in [-0.25, -0.2) is 0 Å². The summed E-state index contributed by atoms with van der Waals surface area (Å²) >= 11 is 6.32. The summed E-state index contributed by atoms with van der Waals surface area (Å²) < 4.78 is 40.9. The molecule has 0 unspecified atom stereocenters. The normalized spacial score (nSPS) is 12.0. The molecular weight excluding hydrogens is 411 g/mol. The van der Waals surface area contributed by atoms with Crippen LogP contribution in [0.5, 0.6) is 5.75 Å². The molecule has 3 aromatic rings. The van der Waals surface area contributed by atoms with Crippen LogP contribution in [0, 0.1) is 0 Å². The molecule has 0 aliphatic carbocycles. The van der Waals surface area contributed by atoms with E-state index in [1.165, 1.54) is 17.7 Å². The Hall–Kier alpha value is -2.66. The monoisotopic (exact) mass is 433 g/mol. The highest BCUT2D eigenvalue weighted by Gasteiger charge is 2.31. The van der Waals surface area contributed by atoms with Gasteiger partial charge in [-0.2, -0.15) is 0 Å². The summed E-state index contributed by atoms with van der Waals surface area (Å²) in [4.78, 5) is 0. The first-order valence-corrected chi connectivity index (χ1v) is 9.88. The highest BCUT2D eigenvalue weighted by atomic mass is 35.5. The van der Waals surface area contributed by atoms with E-state index in [2.05, 4.69) is 55.1 Å². The van der Waals surface area contributed by atoms with Gasteiger partial charge < -0.3 is 10.1 Å². The van der Waals surface area contributed by atoms with Crippen LogP contribution in [-0.2, 0) is 12.0 Å². The molecule has 6 heteroatoms. The van der Waals surface area contributed by atoms with Crippen molar-refractivity contribution in [3.8, 4) is 16.9 Å². The zero-order chi connectivity index (χ0) is 21.9. The first-order valence-electron chi connectivity index (χ1n) is 9.50. The van der Waals surface area contributed by atoms with Crippen molar-refractivity contribution in [1.82, 2.24) is 0 Å². The lowest BCUT2D eigenvalue weighted by Crippen LogP contribution is -2.16. The highest BCUT2D eigenvalue weighted by Crippen LogP contribution is 2.33. The molecule has 158 valence electrons. The molecule has 0 aromatic heterocycles. The second-order valence-corrected chi connectivity index (χ2v) is 8.47. The van der Waals surface area contributed by atoms with Crippen LogP contribution in [0.2, 0.25) is 5.02 Å². The number of hydrogen-bond donors (Lipinski definition) is 1. The molecule has 0 radical (unpaired) electrons. The number of ether oxygens (including phenoxy) is 1. The minimum Gasteiger partial charge on any atom is -0.406 e. The minimum atomic E-state index is -4.71. The zero-order valence-corrected chi connectivity index (χ0v) is 17.7. The first-order chi connectivity index (χ1) is 14.0. The summed E-state index contributed by atoms with van der Waals surface area (Å²) in [7, 11) is 0. The average molecular weight is 434 g/mol. The molecule has 0 bridgehead atoms. The van der Waals surface area contributed by atoms with Crippen molar-refractivity contribution in [2.75, 3.05) is 5.32 Å². The molecule has 0 fully saturated rings. The number of halogens is 4. The average Bonchev–Trinajstić information content (AvgIpc) is 2.66. The van der Waals surface area contributed by atoms with E-state index in [0.29, 0.717) is 17.1 Å². The molecule has 0 aliphatic heterocycles. The second kappa shape index (κ2) is 8.60. The van der Waals surface area contributed by atoms with Crippen LogP contribution < -0.4 is 10.1 Å². The predicted molar refractivity (Wildman–Crippen MR) is 116 cm³/mol. The van der Waals surface area contributed by atoms with E-state index in [4.69, 9.17) is 11.6 Å². The second-order valence-electron chi connectivity index (χ2n) is 8.07. The van der Waals surface area contributed by atoms with Crippen LogP contribution in [0.1, 0.15) is 31.9 Å². The van der Waals surface area contributed by atoms with Crippen molar-refractivity contribution in [2.24, 2.45) is 0 Å². The Morgan fingerprint density at radius 2 is 1.50 bits per heavy atom. The van der Waals surface area contributed by atoms with Gasteiger partial charge in [-0.1, -0.05) is 68.8 Å². The quantitative estimate of drug-likeness (QED) is 0.443. The molecule has 0 spiro atoms. The minimum absolute atomic E-state index is 0.109. The lowest BCUT2D eigenvalue weighted by molar-refractivity contribution is -0.274. The van der Waals surface area contributed by atoms with Gasteiger partial charge >= 0.3 is 6.36 Å². The van der Waals surface area contributed by atoms with Gasteiger partial charge in [0.2, 0.25) is 0 Å². The van der Waals surface area contributed by atoms with E-state index < -0.39 is 6.36 Å². The Kier molecular flexibility index (Phi) is 6.32. The summed E-state index contributed by atoms with van der Waals surface area (Å²) in [6, 6.07) is 19.6. The SMILES string of the molecule is CC(C)(C)c1ccc(CNc2ccc(Cl)c(-c3ccc(OC(F)(F)F)cc3)c2)cc1. The molecule has 3 rings (SSSR count). The Bertz CT molecular complexity index is 991. The van der Waals surface area contributed by atoms with E-state index in [1.807, 2.05) is 12.1 Å². The number of benzene rings is 3. The molecule has 0 saturated carbocycles. The molecular formula is C24H23ClF3NO. The molecule has 0 amide bonds. The van der Waals surface area contributed by atoms with E-state index in [-0.39, 0.29) is 11.2 Å². The van der Waals surface area contributed by atoms with Crippen molar-refractivity contribution in [3.05, 3.63) is 82.9 Å². The third kappa shape index (κ3) is 5.92. The fourth-order valence-electron chi connectivity index (χ4n) is 3.02. The van der Waals surface area contributed by atoms with E-state index in [1.54, 1.807) is 18.2 Å². The fraction of sp³-hybridized carbons (Fsp3) is 0.250. The van der Waals surface area contributed by atoms with Gasteiger partial charge in [0, 0.05) is 22.8 Å². The molecule has 3 aromatic carbocycles. The number of hydrogen-bond acceptors (Lipinski definition) is 2. The van der Waals surface area contributed by atoms with Crippen LogP contribution in [0.25, 0.3) is 11.1 Å². The lowest BCUT2D eigenvalue weighted by Gasteiger charge is -2.19. The Morgan fingerprint density at radius 3 is 2.07 bits per heavy atom. The maximum absolute atomic E-state index is 12.3.